The van der Waals surface area contributed by atoms with Crippen LogP contribution >= 0.6 is 11.3 Å². The first-order valence-corrected chi connectivity index (χ1v) is 6.75. The van der Waals surface area contributed by atoms with Gasteiger partial charge in [-0.25, -0.2) is 0 Å². The van der Waals surface area contributed by atoms with Gasteiger partial charge in [0.15, 0.2) is 0 Å². The number of rotatable bonds is 3. The number of carbonyl (C=O) groups is 1. The summed E-state index contributed by atoms with van der Waals surface area (Å²) in [6.45, 7) is 3.12. The molecule has 1 aromatic carbocycles. The second-order valence-electron chi connectivity index (χ2n) is 5.30. The lowest BCUT2D eigenvalue weighted by atomic mass is 9.89. The van der Waals surface area contributed by atoms with Crippen molar-refractivity contribution in [2.24, 2.45) is 5.41 Å². The maximum absolute atomic E-state index is 12.9. The van der Waals surface area contributed by atoms with Crippen molar-refractivity contribution in [3.05, 3.63) is 34.7 Å². The Bertz CT molecular complexity index is 656. The van der Waals surface area contributed by atoms with Crippen LogP contribution in [0.4, 0.5) is 13.2 Å². The van der Waals surface area contributed by atoms with E-state index in [1.807, 2.05) is 0 Å². The highest BCUT2D eigenvalue weighted by atomic mass is 32.1. The van der Waals surface area contributed by atoms with E-state index >= 15 is 0 Å². The van der Waals surface area contributed by atoms with E-state index in [2.05, 4.69) is 0 Å². The van der Waals surface area contributed by atoms with Crippen molar-refractivity contribution in [3.8, 4) is 0 Å². The first kappa shape index (κ1) is 14.8. The van der Waals surface area contributed by atoms with Crippen molar-refractivity contribution >= 4 is 27.4 Å². The highest BCUT2D eigenvalue weighted by Crippen LogP contribution is 2.40. The summed E-state index contributed by atoms with van der Waals surface area (Å²) in [6, 6.07) is 5.66. The summed E-state index contributed by atoms with van der Waals surface area (Å²) in [5.41, 5.74) is -1.67. The molecule has 0 atom stereocenters. The smallest absolute Gasteiger partial charge is 0.417 e. The molecule has 6 heteroatoms. The molecule has 0 aliphatic heterocycles. The van der Waals surface area contributed by atoms with Crippen LogP contribution < -0.4 is 0 Å². The van der Waals surface area contributed by atoms with E-state index in [-0.39, 0.29) is 11.1 Å². The summed E-state index contributed by atoms with van der Waals surface area (Å²) in [5.74, 6) is -0.967. The molecule has 2 aromatic rings. The molecule has 0 radical (unpaired) electrons. The average Bonchev–Trinajstić information content (AvgIpc) is 2.67. The van der Waals surface area contributed by atoms with Crippen molar-refractivity contribution < 1.29 is 23.1 Å². The molecule has 1 heterocycles. The van der Waals surface area contributed by atoms with Gasteiger partial charge in [0.25, 0.3) is 0 Å². The molecule has 0 aliphatic rings. The number of thiophene rings is 1. The summed E-state index contributed by atoms with van der Waals surface area (Å²) < 4.78 is 38.9. The molecular formula is C14H13F3O2S. The number of hydrogen-bond acceptors (Lipinski definition) is 2. The second-order valence-corrected chi connectivity index (χ2v) is 6.44. The Morgan fingerprint density at radius 3 is 2.50 bits per heavy atom. The molecule has 20 heavy (non-hydrogen) atoms. The molecule has 0 unspecified atom stereocenters. The number of alkyl halides is 3. The summed E-state index contributed by atoms with van der Waals surface area (Å²) in [5, 5.41) is 9.59. The van der Waals surface area contributed by atoms with Crippen LogP contribution in [0.1, 0.15) is 24.3 Å². The number of carboxylic acid groups (broad SMARTS) is 1. The normalized spacial score (nSPS) is 12.8. The fraction of sp³-hybridized carbons (Fsp3) is 0.357. The molecule has 1 N–H and O–H groups in total. The van der Waals surface area contributed by atoms with Crippen LogP contribution in [0.25, 0.3) is 10.1 Å². The second kappa shape index (κ2) is 4.77. The van der Waals surface area contributed by atoms with Crippen molar-refractivity contribution in [2.75, 3.05) is 0 Å². The van der Waals surface area contributed by atoms with Gasteiger partial charge in [0, 0.05) is 9.58 Å². The lowest BCUT2D eigenvalue weighted by Crippen LogP contribution is -2.25. The third-order valence-electron chi connectivity index (χ3n) is 3.10. The molecular weight excluding hydrogens is 289 g/mol. The van der Waals surface area contributed by atoms with E-state index in [0.717, 1.165) is 17.4 Å². The zero-order valence-corrected chi connectivity index (χ0v) is 11.7. The lowest BCUT2D eigenvalue weighted by Gasteiger charge is -2.17. The van der Waals surface area contributed by atoms with Crippen molar-refractivity contribution in [1.29, 1.82) is 0 Å². The predicted molar refractivity (Wildman–Crippen MR) is 71.9 cm³/mol. The standard InChI is InChI=1S/C14H13F3O2S/c1-13(2,12(18)19)7-9-6-8-4-3-5-10(11(8)20-9)14(15,16)17/h3-6H,7H2,1-2H3,(H,18,19). The molecule has 1 aromatic heterocycles. The number of hydrogen-bond donors (Lipinski definition) is 1. The molecule has 0 saturated carbocycles. The molecule has 2 nitrogen and oxygen atoms in total. The highest BCUT2D eigenvalue weighted by molar-refractivity contribution is 7.19. The first-order valence-electron chi connectivity index (χ1n) is 5.93. The number of fused-ring (bicyclic) bond motifs is 1. The van der Waals surface area contributed by atoms with Gasteiger partial charge in [0.1, 0.15) is 0 Å². The number of halogens is 3. The molecule has 0 saturated heterocycles. The van der Waals surface area contributed by atoms with Crippen LogP contribution in [-0.2, 0) is 17.4 Å². The van der Waals surface area contributed by atoms with Crippen molar-refractivity contribution in [1.82, 2.24) is 0 Å². The maximum atomic E-state index is 12.9. The van der Waals surface area contributed by atoms with Gasteiger partial charge >= 0.3 is 12.1 Å². The van der Waals surface area contributed by atoms with Crippen LogP contribution in [0.5, 0.6) is 0 Å². The van der Waals surface area contributed by atoms with Gasteiger partial charge in [-0.15, -0.1) is 11.3 Å². The third-order valence-corrected chi connectivity index (χ3v) is 4.28. The largest absolute Gasteiger partial charge is 0.481 e. The predicted octanol–water partition coefficient (Wildman–Crippen LogP) is 4.57. The summed E-state index contributed by atoms with van der Waals surface area (Å²) in [7, 11) is 0. The van der Waals surface area contributed by atoms with Crippen LogP contribution in [0.15, 0.2) is 24.3 Å². The maximum Gasteiger partial charge on any atom is 0.417 e. The highest BCUT2D eigenvalue weighted by Gasteiger charge is 2.34. The Labute approximate surface area is 117 Å². The van der Waals surface area contributed by atoms with Crippen LogP contribution in [0.3, 0.4) is 0 Å². The number of carboxylic acids is 1. The first-order chi connectivity index (χ1) is 9.11. The van der Waals surface area contributed by atoms with Gasteiger partial charge < -0.3 is 5.11 Å². The molecule has 108 valence electrons. The zero-order chi connectivity index (χ0) is 15.1. The third kappa shape index (κ3) is 2.80. The van der Waals surface area contributed by atoms with Gasteiger partial charge in [0.05, 0.1) is 11.0 Å². The molecule has 0 aliphatic carbocycles. The van der Waals surface area contributed by atoms with Crippen LogP contribution in [0, 0.1) is 5.41 Å². The van der Waals surface area contributed by atoms with E-state index in [0.29, 0.717) is 10.3 Å². The van der Waals surface area contributed by atoms with E-state index in [1.165, 1.54) is 6.07 Å². The summed E-state index contributed by atoms with van der Waals surface area (Å²) in [4.78, 5) is 11.7. The minimum Gasteiger partial charge on any atom is -0.481 e. The van der Waals surface area contributed by atoms with Gasteiger partial charge in [0.2, 0.25) is 0 Å². The number of benzene rings is 1. The van der Waals surface area contributed by atoms with Gasteiger partial charge in [-0.1, -0.05) is 12.1 Å². The Hall–Kier alpha value is -1.56. The Morgan fingerprint density at radius 1 is 1.30 bits per heavy atom. The van der Waals surface area contributed by atoms with Crippen molar-refractivity contribution in [3.63, 3.8) is 0 Å². The molecule has 0 spiro atoms. The van der Waals surface area contributed by atoms with E-state index in [9.17, 15) is 18.0 Å². The summed E-state index contributed by atoms with van der Waals surface area (Å²) >= 11 is 1.01. The number of aliphatic carboxylic acids is 1. The topological polar surface area (TPSA) is 37.3 Å². The lowest BCUT2D eigenvalue weighted by molar-refractivity contribution is -0.146. The van der Waals surface area contributed by atoms with E-state index in [1.54, 1.807) is 26.0 Å². The van der Waals surface area contributed by atoms with Gasteiger partial charge in [-0.3, -0.25) is 4.79 Å². The SMILES string of the molecule is CC(C)(Cc1cc2cccc(C(F)(F)F)c2s1)C(=O)O. The Balaban J connectivity index is 2.47. The minimum absolute atomic E-state index is 0.163. The molecule has 2 rings (SSSR count). The van der Waals surface area contributed by atoms with Crippen molar-refractivity contribution in [2.45, 2.75) is 26.4 Å². The minimum atomic E-state index is -4.40. The average molecular weight is 302 g/mol. The molecule has 0 bridgehead atoms. The van der Waals surface area contributed by atoms with Crippen LogP contribution in [0.2, 0.25) is 0 Å². The van der Waals surface area contributed by atoms with E-state index < -0.39 is 23.1 Å². The zero-order valence-electron chi connectivity index (χ0n) is 10.9. The van der Waals surface area contributed by atoms with Crippen LogP contribution in [-0.4, -0.2) is 11.1 Å². The fourth-order valence-corrected chi connectivity index (χ4v) is 3.36. The molecule has 0 fully saturated rings. The molecule has 0 amide bonds. The quantitative estimate of drug-likeness (QED) is 0.901. The van der Waals surface area contributed by atoms with Gasteiger partial charge in [-0.05, 0) is 37.8 Å². The Kier molecular flexibility index (Phi) is 3.54. The summed E-state index contributed by atoms with van der Waals surface area (Å²) in [6.07, 6.45) is -4.19. The monoisotopic (exact) mass is 302 g/mol. The fourth-order valence-electron chi connectivity index (χ4n) is 1.94. The van der Waals surface area contributed by atoms with E-state index in [4.69, 9.17) is 5.11 Å². The van der Waals surface area contributed by atoms with Gasteiger partial charge in [-0.2, -0.15) is 13.2 Å². The Morgan fingerprint density at radius 2 is 1.95 bits per heavy atom.